The molecule has 9 nitrogen and oxygen atoms in total. The first-order valence-corrected chi connectivity index (χ1v) is 9.81. The Balaban J connectivity index is 2.49. The summed E-state index contributed by atoms with van der Waals surface area (Å²) in [7, 11) is 0.926. The Kier molecular flexibility index (Phi) is 6.67. The molecule has 10 heteroatoms. The average Bonchev–Trinajstić information content (AvgIpc) is 2.63. The largest absolute Gasteiger partial charge is 0.494 e. The van der Waals surface area contributed by atoms with E-state index in [0.717, 1.165) is 0 Å². The number of sulfonamides is 1. The Morgan fingerprint density at radius 1 is 1.15 bits per heavy atom. The molecule has 1 N–H and O–H groups in total. The Morgan fingerprint density at radius 3 is 2.44 bits per heavy atom. The van der Waals surface area contributed by atoms with Crippen molar-refractivity contribution in [2.75, 3.05) is 44.0 Å². The second-order valence-corrected chi connectivity index (χ2v) is 7.22. The molecule has 0 saturated carbocycles. The van der Waals surface area contributed by atoms with E-state index in [1.165, 1.54) is 19.4 Å². The molecule has 0 aliphatic heterocycles. The average molecular weight is 396 g/mol. The van der Waals surface area contributed by atoms with Crippen LogP contribution in [-0.2, 0) is 10.0 Å². The van der Waals surface area contributed by atoms with Crippen molar-refractivity contribution in [1.82, 2.24) is 9.97 Å². The summed E-state index contributed by atoms with van der Waals surface area (Å²) < 4.78 is 44.5. The van der Waals surface area contributed by atoms with Gasteiger partial charge in [0.2, 0.25) is 0 Å². The number of anilines is 2. The van der Waals surface area contributed by atoms with E-state index in [9.17, 15) is 8.42 Å². The standard InChI is InChI=1S/C17H24N4O5S/c1-6-25-12-8-9-14(26-7-2)15(10-12)27(22,23)20-13-11-18-17(24-5)19-16(13)21(3)4/h8-11,20H,6-7H2,1-5H3. The molecule has 2 aromatic rings. The summed E-state index contributed by atoms with van der Waals surface area (Å²) >= 11 is 0. The molecule has 0 amide bonds. The highest BCUT2D eigenvalue weighted by Gasteiger charge is 2.23. The van der Waals surface area contributed by atoms with Gasteiger partial charge in [0.15, 0.2) is 5.82 Å². The van der Waals surface area contributed by atoms with Crippen LogP contribution in [0.1, 0.15) is 13.8 Å². The summed E-state index contributed by atoms with van der Waals surface area (Å²) in [6, 6.07) is 4.79. The number of rotatable bonds is 9. The molecule has 148 valence electrons. The molecule has 0 aliphatic rings. The predicted octanol–water partition coefficient (Wildman–Crippen LogP) is 2.15. The maximum atomic E-state index is 13.0. The molecule has 0 aliphatic carbocycles. The minimum absolute atomic E-state index is 0.0316. The molecular formula is C17H24N4O5S. The Morgan fingerprint density at radius 2 is 1.85 bits per heavy atom. The summed E-state index contributed by atoms with van der Waals surface area (Å²) in [5, 5.41) is 0. The van der Waals surface area contributed by atoms with Crippen LogP contribution in [0.4, 0.5) is 11.5 Å². The van der Waals surface area contributed by atoms with Crippen LogP contribution >= 0.6 is 0 Å². The fraction of sp³-hybridized carbons (Fsp3) is 0.412. The molecule has 0 spiro atoms. The van der Waals surface area contributed by atoms with Gasteiger partial charge in [0, 0.05) is 20.2 Å². The molecule has 0 saturated heterocycles. The Hall–Kier alpha value is -2.75. The van der Waals surface area contributed by atoms with Crippen LogP contribution in [0, 0.1) is 0 Å². The van der Waals surface area contributed by atoms with Gasteiger partial charge in [-0.15, -0.1) is 0 Å². The molecule has 0 bridgehead atoms. The summed E-state index contributed by atoms with van der Waals surface area (Å²) in [5.74, 6) is 1.03. The number of methoxy groups -OCH3 is 1. The predicted molar refractivity (Wildman–Crippen MR) is 102 cm³/mol. The van der Waals surface area contributed by atoms with Crippen LogP contribution in [0.15, 0.2) is 29.3 Å². The van der Waals surface area contributed by atoms with E-state index in [0.29, 0.717) is 24.8 Å². The minimum Gasteiger partial charge on any atom is -0.494 e. The number of hydrogen-bond acceptors (Lipinski definition) is 8. The van der Waals surface area contributed by atoms with Gasteiger partial charge in [0.25, 0.3) is 10.0 Å². The normalized spacial score (nSPS) is 11.0. The molecule has 2 rings (SSSR count). The first-order chi connectivity index (χ1) is 12.8. The quantitative estimate of drug-likeness (QED) is 0.688. The van der Waals surface area contributed by atoms with E-state index < -0.39 is 10.0 Å². The fourth-order valence-electron chi connectivity index (χ4n) is 2.30. The third-order valence-corrected chi connectivity index (χ3v) is 4.80. The number of benzene rings is 1. The van der Waals surface area contributed by atoms with Crippen LogP contribution < -0.4 is 23.8 Å². The molecule has 0 fully saturated rings. The van der Waals surface area contributed by atoms with E-state index in [1.807, 2.05) is 6.92 Å². The minimum atomic E-state index is -3.99. The van der Waals surface area contributed by atoms with E-state index >= 15 is 0 Å². The highest BCUT2D eigenvalue weighted by molar-refractivity contribution is 7.92. The van der Waals surface area contributed by atoms with Crippen molar-refractivity contribution in [1.29, 1.82) is 0 Å². The zero-order valence-electron chi connectivity index (χ0n) is 16.0. The van der Waals surface area contributed by atoms with E-state index in [2.05, 4.69) is 14.7 Å². The number of nitrogens with zero attached hydrogens (tertiary/aromatic N) is 3. The topological polar surface area (TPSA) is 103 Å². The smallest absolute Gasteiger partial charge is 0.318 e. The van der Waals surface area contributed by atoms with Crippen molar-refractivity contribution in [3.63, 3.8) is 0 Å². The van der Waals surface area contributed by atoms with Gasteiger partial charge in [-0.05, 0) is 26.0 Å². The molecule has 1 aromatic heterocycles. The van der Waals surface area contributed by atoms with Gasteiger partial charge in [-0.1, -0.05) is 0 Å². The highest BCUT2D eigenvalue weighted by atomic mass is 32.2. The second-order valence-electron chi connectivity index (χ2n) is 5.57. The van der Waals surface area contributed by atoms with Crippen molar-refractivity contribution in [3.05, 3.63) is 24.4 Å². The summed E-state index contributed by atoms with van der Waals surface area (Å²) in [4.78, 5) is 9.79. The Bertz CT molecular complexity index is 887. The molecule has 0 radical (unpaired) electrons. The SMILES string of the molecule is CCOc1ccc(OCC)c(S(=O)(=O)Nc2cnc(OC)nc2N(C)C)c1. The Labute approximate surface area is 159 Å². The third kappa shape index (κ3) is 4.91. The van der Waals surface area contributed by atoms with E-state index in [4.69, 9.17) is 14.2 Å². The van der Waals surface area contributed by atoms with Crippen LogP contribution in [0.5, 0.6) is 17.5 Å². The molecule has 0 unspecified atom stereocenters. The van der Waals surface area contributed by atoms with Gasteiger partial charge >= 0.3 is 6.01 Å². The number of aromatic nitrogens is 2. The van der Waals surface area contributed by atoms with Crippen molar-refractivity contribution in [2.24, 2.45) is 0 Å². The lowest BCUT2D eigenvalue weighted by Gasteiger charge is -2.18. The van der Waals surface area contributed by atoms with Crippen molar-refractivity contribution in [2.45, 2.75) is 18.7 Å². The lowest BCUT2D eigenvalue weighted by Crippen LogP contribution is -2.19. The van der Waals surface area contributed by atoms with Gasteiger partial charge < -0.3 is 19.1 Å². The number of hydrogen-bond donors (Lipinski definition) is 1. The van der Waals surface area contributed by atoms with Crippen LogP contribution in [0.25, 0.3) is 0 Å². The van der Waals surface area contributed by atoms with Gasteiger partial charge in [-0.3, -0.25) is 4.72 Å². The summed E-state index contributed by atoms with van der Waals surface area (Å²) in [6.07, 6.45) is 1.35. The van der Waals surface area contributed by atoms with E-state index in [1.54, 1.807) is 38.1 Å². The molecule has 1 heterocycles. The highest BCUT2D eigenvalue weighted by Crippen LogP contribution is 2.32. The van der Waals surface area contributed by atoms with Crippen LogP contribution in [0.2, 0.25) is 0 Å². The van der Waals surface area contributed by atoms with Crippen molar-refractivity contribution < 1.29 is 22.6 Å². The van der Waals surface area contributed by atoms with E-state index in [-0.39, 0.29) is 22.3 Å². The first kappa shape index (κ1) is 20.6. The maximum absolute atomic E-state index is 13.0. The maximum Gasteiger partial charge on any atom is 0.318 e. The number of ether oxygens (including phenoxy) is 3. The third-order valence-electron chi connectivity index (χ3n) is 3.41. The van der Waals surface area contributed by atoms with Gasteiger partial charge in [-0.2, -0.15) is 4.98 Å². The molecule has 1 aromatic carbocycles. The van der Waals surface area contributed by atoms with Crippen molar-refractivity contribution in [3.8, 4) is 17.5 Å². The summed E-state index contributed by atoms with van der Waals surface area (Å²) in [5.41, 5.74) is 0.213. The second kappa shape index (κ2) is 8.76. The zero-order valence-corrected chi connectivity index (χ0v) is 16.8. The zero-order chi connectivity index (χ0) is 20.0. The fourth-order valence-corrected chi connectivity index (χ4v) is 3.50. The number of nitrogens with one attached hydrogen (secondary N) is 1. The molecular weight excluding hydrogens is 372 g/mol. The lowest BCUT2D eigenvalue weighted by atomic mass is 10.3. The summed E-state index contributed by atoms with van der Waals surface area (Å²) in [6.45, 7) is 4.34. The van der Waals surface area contributed by atoms with Crippen LogP contribution in [0.3, 0.4) is 0 Å². The van der Waals surface area contributed by atoms with Crippen LogP contribution in [-0.4, -0.2) is 52.8 Å². The van der Waals surface area contributed by atoms with Crippen molar-refractivity contribution >= 4 is 21.5 Å². The van der Waals surface area contributed by atoms with Gasteiger partial charge in [0.05, 0.1) is 26.5 Å². The monoisotopic (exact) mass is 396 g/mol. The lowest BCUT2D eigenvalue weighted by molar-refractivity contribution is 0.322. The molecule has 27 heavy (non-hydrogen) atoms. The first-order valence-electron chi connectivity index (χ1n) is 8.33. The van der Waals surface area contributed by atoms with Gasteiger partial charge in [0.1, 0.15) is 22.1 Å². The molecule has 0 atom stereocenters. The van der Waals surface area contributed by atoms with Gasteiger partial charge in [-0.25, -0.2) is 13.4 Å².